The summed E-state index contributed by atoms with van der Waals surface area (Å²) in [6.07, 6.45) is 0.0423. The van der Waals surface area contributed by atoms with Gasteiger partial charge < -0.3 is 10.5 Å². The number of anilines is 1. The van der Waals surface area contributed by atoms with E-state index in [9.17, 15) is 13.2 Å². The molecule has 22 heavy (non-hydrogen) atoms. The van der Waals surface area contributed by atoms with E-state index in [0.717, 1.165) is 6.26 Å². The molecule has 0 aromatic carbocycles. The maximum atomic E-state index is 11.3. The number of ether oxygens (including phenoxy) is 1. The Kier molecular flexibility index (Phi) is 3.99. The molecular formula is C11H14N6O4S. The van der Waals surface area contributed by atoms with Gasteiger partial charge in [0.15, 0.2) is 5.69 Å². The molecule has 2 aromatic heterocycles. The van der Waals surface area contributed by atoms with Crippen molar-refractivity contribution in [3.05, 3.63) is 17.8 Å². The topological polar surface area (TPSA) is 142 Å². The zero-order valence-electron chi connectivity index (χ0n) is 12.1. The highest BCUT2D eigenvalue weighted by Gasteiger charge is 2.18. The van der Waals surface area contributed by atoms with Gasteiger partial charge in [0.05, 0.1) is 23.3 Å². The van der Waals surface area contributed by atoms with Crippen molar-refractivity contribution in [2.45, 2.75) is 6.92 Å². The average Bonchev–Trinajstić information content (AvgIpc) is 2.72. The number of primary amides is 1. The van der Waals surface area contributed by atoms with E-state index in [2.05, 4.69) is 20.0 Å². The Morgan fingerprint density at radius 3 is 2.64 bits per heavy atom. The zero-order chi connectivity index (χ0) is 16.5. The highest BCUT2D eigenvalue weighted by atomic mass is 32.2. The molecule has 1 amide bonds. The molecule has 0 atom stereocenters. The number of nitrogens with two attached hydrogens (primary N) is 1. The second-order valence-electron chi connectivity index (χ2n) is 4.49. The van der Waals surface area contributed by atoms with Crippen molar-refractivity contribution >= 4 is 21.8 Å². The van der Waals surface area contributed by atoms with Gasteiger partial charge in [-0.15, -0.1) is 5.10 Å². The van der Waals surface area contributed by atoms with Crippen LogP contribution < -0.4 is 15.2 Å². The summed E-state index contributed by atoms with van der Waals surface area (Å²) in [5, 5.41) is 7.60. The number of hydrogen-bond acceptors (Lipinski definition) is 7. The number of carbonyl (C=O) groups excluding carboxylic acids is 1. The number of amides is 1. The van der Waals surface area contributed by atoms with Crippen LogP contribution in [0.3, 0.4) is 0 Å². The van der Waals surface area contributed by atoms with E-state index in [1.165, 1.54) is 23.9 Å². The molecule has 0 aliphatic carbocycles. The van der Waals surface area contributed by atoms with Crippen LogP contribution in [0.1, 0.15) is 5.69 Å². The highest BCUT2D eigenvalue weighted by molar-refractivity contribution is 7.92. The minimum Gasteiger partial charge on any atom is -0.389 e. The summed E-state index contributed by atoms with van der Waals surface area (Å²) >= 11 is 0. The minimum absolute atomic E-state index is 0.0447. The average molecular weight is 326 g/mol. The molecule has 118 valence electrons. The summed E-state index contributed by atoms with van der Waals surface area (Å²) in [4.78, 5) is 15.1. The van der Waals surface area contributed by atoms with Gasteiger partial charge in [0, 0.05) is 7.05 Å². The van der Waals surface area contributed by atoms with Crippen LogP contribution in [0.25, 0.3) is 11.4 Å². The van der Waals surface area contributed by atoms with E-state index in [4.69, 9.17) is 10.5 Å². The van der Waals surface area contributed by atoms with E-state index in [1.54, 1.807) is 6.92 Å². The summed E-state index contributed by atoms with van der Waals surface area (Å²) in [6, 6.07) is 3.06. The van der Waals surface area contributed by atoms with E-state index in [0.29, 0.717) is 17.1 Å². The lowest BCUT2D eigenvalue weighted by Crippen LogP contribution is -2.18. The summed E-state index contributed by atoms with van der Waals surface area (Å²) in [5.74, 6) is 0.0447. The van der Waals surface area contributed by atoms with Crippen LogP contribution in [0.4, 0.5) is 10.5 Å². The van der Waals surface area contributed by atoms with Crippen molar-refractivity contribution in [2.24, 2.45) is 12.8 Å². The molecule has 2 rings (SSSR count). The molecule has 0 unspecified atom stereocenters. The van der Waals surface area contributed by atoms with E-state index >= 15 is 0 Å². The molecule has 0 fully saturated rings. The van der Waals surface area contributed by atoms with Gasteiger partial charge in [-0.2, -0.15) is 0 Å². The smallest absolute Gasteiger partial charge is 0.389 e. The first-order valence-corrected chi connectivity index (χ1v) is 7.89. The minimum atomic E-state index is -3.41. The first-order valence-electron chi connectivity index (χ1n) is 6.00. The van der Waals surface area contributed by atoms with Crippen LogP contribution in [0.15, 0.2) is 12.1 Å². The van der Waals surface area contributed by atoms with Gasteiger partial charge >= 0.3 is 6.09 Å². The normalized spacial score (nSPS) is 11.2. The third-order valence-corrected chi connectivity index (χ3v) is 3.19. The number of hydrogen-bond donors (Lipinski definition) is 2. The van der Waals surface area contributed by atoms with Crippen molar-refractivity contribution < 1.29 is 17.9 Å². The fourth-order valence-electron chi connectivity index (χ4n) is 1.72. The standard InChI is InChI=1S/C11H14N6O4S/c1-6-7(15-22(3,19)20)4-5-8(13-6)9-10(21-11(12)18)17(2)16-14-9/h4-5,15H,1-3H3,(H2,12,18). The SMILES string of the molecule is Cc1nc(-c2nnn(C)c2OC(N)=O)ccc1NS(C)(=O)=O. The quantitative estimate of drug-likeness (QED) is 0.806. The number of carbonyl (C=O) groups is 1. The van der Waals surface area contributed by atoms with E-state index < -0.39 is 16.1 Å². The number of nitrogens with one attached hydrogen (secondary N) is 1. The Balaban J connectivity index is 2.43. The molecule has 2 heterocycles. The number of sulfonamides is 1. The van der Waals surface area contributed by atoms with Crippen molar-refractivity contribution in [1.29, 1.82) is 0 Å². The van der Waals surface area contributed by atoms with Crippen LogP contribution in [0.2, 0.25) is 0 Å². The molecule has 10 nitrogen and oxygen atoms in total. The van der Waals surface area contributed by atoms with Crippen molar-refractivity contribution in [3.63, 3.8) is 0 Å². The molecule has 0 saturated carbocycles. The maximum absolute atomic E-state index is 11.3. The van der Waals surface area contributed by atoms with Crippen LogP contribution >= 0.6 is 0 Å². The number of rotatable bonds is 4. The summed E-state index contributed by atoms with van der Waals surface area (Å²) in [6.45, 7) is 1.63. The van der Waals surface area contributed by atoms with Crippen LogP contribution in [0, 0.1) is 6.92 Å². The number of pyridine rings is 1. The molecular weight excluding hydrogens is 312 g/mol. The lowest BCUT2D eigenvalue weighted by molar-refractivity contribution is 0.207. The van der Waals surface area contributed by atoms with Crippen molar-refractivity contribution in [1.82, 2.24) is 20.0 Å². The van der Waals surface area contributed by atoms with Crippen LogP contribution in [-0.2, 0) is 17.1 Å². The second kappa shape index (κ2) is 5.60. The monoisotopic (exact) mass is 326 g/mol. The van der Waals surface area contributed by atoms with Crippen LogP contribution in [0.5, 0.6) is 5.88 Å². The van der Waals surface area contributed by atoms with Gasteiger partial charge in [0.25, 0.3) is 5.88 Å². The van der Waals surface area contributed by atoms with Crippen molar-refractivity contribution in [2.75, 3.05) is 11.0 Å². The molecule has 0 radical (unpaired) electrons. The molecule has 0 aliphatic heterocycles. The molecule has 0 spiro atoms. The van der Waals surface area contributed by atoms with Gasteiger partial charge in [-0.05, 0) is 19.1 Å². The molecule has 3 N–H and O–H groups in total. The van der Waals surface area contributed by atoms with Gasteiger partial charge in [-0.25, -0.2) is 22.9 Å². The van der Waals surface area contributed by atoms with Crippen LogP contribution in [-0.4, -0.2) is 40.7 Å². The Labute approximate surface area is 126 Å². The Morgan fingerprint density at radius 1 is 1.41 bits per heavy atom. The Bertz CT molecular complexity index is 829. The third kappa shape index (κ3) is 3.49. The van der Waals surface area contributed by atoms with Gasteiger partial charge in [0.2, 0.25) is 10.0 Å². The van der Waals surface area contributed by atoms with Gasteiger partial charge in [0.1, 0.15) is 0 Å². The molecule has 0 bridgehead atoms. The summed E-state index contributed by atoms with van der Waals surface area (Å²) in [7, 11) is -1.88. The molecule has 11 heteroatoms. The lowest BCUT2D eigenvalue weighted by Gasteiger charge is -2.08. The summed E-state index contributed by atoms with van der Waals surface area (Å²) < 4.78 is 30.9. The molecule has 0 aliphatic rings. The molecule has 2 aromatic rings. The first-order chi connectivity index (χ1) is 10.2. The Morgan fingerprint density at radius 2 is 2.09 bits per heavy atom. The van der Waals surface area contributed by atoms with Gasteiger partial charge in [-0.1, -0.05) is 5.21 Å². The lowest BCUT2D eigenvalue weighted by atomic mass is 10.2. The van der Waals surface area contributed by atoms with Gasteiger partial charge in [-0.3, -0.25) is 4.72 Å². The number of nitrogens with zero attached hydrogens (tertiary/aromatic N) is 4. The predicted octanol–water partition coefficient (Wildman–Crippen LogP) is 0.0145. The van der Waals surface area contributed by atoms with E-state index in [1.807, 2.05) is 0 Å². The molecule has 0 saturated heterocycles. The zero-order valence-corrected chi connectivity index (χ0v) is 12.9. The fraction of sp³-hybridized carbons (Fsp3) is 0.273. The largest absolute Gasteiger partial charge is 0.411 e. The van der Waals surface area contributed by atoms with E-state index in [-0.39, 0.29) is 11.6 Å². The fourth-order valence-corrected chi connectivity index (χ4v) is 2.33. The highest BCUT2D eigenvalue weighted by Crippen LogP contribution is 2.27. The second-order valence-corrected chi connectivity index (χ2v) is 6.24. The third-order valence-electron chi connectivity index (χ3n) is 2.60. The number of aromatic nitrogens is 4. The Hall–Kier alpha value is -2.69. The first kappa shape index (κ1) is 15.7. The maximum Gasteiger partial charge on any atom is 0.411 e. The predicted molar refractivity (Wildman–Crippen MR) is 77.6 cm³/mol. The summed E-state index contributed by atoms with van der Waals surface area (Å²) in [5.41, 5.74) is 6.35. The van der Waals surface area contributed by atoms with Crippen molar-refractivity contribution in [3.8, 4) is 17.3 Å². The number of aryl methyl sites for hydroxylation is 2.